The molecule has 0 atom stereocenters. The van der Waals surface area contributed by atoms with Crippen molar-refractivity contribution in [3.05, 3.63) is 24.3 Å². The minimum atomic E-state index is -0.747. The maximum atomic E-state index is 6.23. The summed E-state index contributed by atoms with van der Waals surface area (Å²) in [5.74, 6) is -0.288. The second-order valence-electron chi connectivity index (χ2n) is 12.0. The summed E-state index contributed by atoms with van der Waals surface area (Å²) in [5.41, 5.74) is -0.898. The molecule has 0 unspecified atom stereocenters. The first kappa shape index (κ1) is 27.5. The predicted molar refractivity (Wildman–Crippen MR) is 134 cm³/mol. The highest BCUT2D eigenvalue weighted by Gasteiger charge is 2.26. The lowest BCUT2D eigenvalue weighted by molar-refractivity contribution is -0.193. The summed E-state index contributed by atoms with van der Waals surface area (Å²) in [6.45, 7) is 25.0. The minimum Gasteiger partial charge on any atom is -0.351 e. The van der Waals surface area contributed by atoms with E-state index in [4.69, 9.17) is 18.9 Å². The van der Waals surface area contributed by atoms with Crippen LogP contribution in [0.25, 0.3) is 0 Å². The average Bonchev–Trinajstić information content (AvgIpc) is 2.42. The van der Waals surface area contributed by atoms with Crippen LogP contribution in [0, 0.1) is 0 Å². The van der Waals surface area contributed by atoms with Crippen LogP contribution < -0.4 is 10.4 Å². The van der Waals surface area contributed by atoms with Crippen LogP contribution in [0.15, 0.2) is 24.3 Å². The van der Waals surface area contributed by atoms with Gasteiger partial charge in [-0.15, -0.1) is 0 Å². The van der Waals surface area contributed by atoms with Gasteiger partial charge >= 0.3 is 0 Å². The molecule has 1 rings (SSSR count). The monoisotopic (exact) mass is 454 g/mol. The van der Waals surface area contributed by atoms with Crippen LogP contribution in [-0.4, -0.2) is 53.3 Å². The van der Waals surface area contributed by atoms with Gasteiger partial charge in [-0.05, 0) is 83.1 Å². The lowest BCUT2D eigenvalue weighted by Gasteiger charge is -2.33. The lowest BCUT2D eigenvalue weighted by Crippen LogP contribution is -2.44. The Bertz CT molecular complexity index is 543. The molecule has 0 saturated carbocycles. The zero-order valence-electron chi connectivity index (χ0n) is 21.5. The molecule has 0 fully saturated rings. The van der Waals surface area contributed by atoms with E-state index < -0.39 is 19.0 Å². The molecule has 0 spiro atoms. The third-order valence-corrected chi connectivity index (χ3v) is 6.99. The van der Waals surface area contributed by atoms with Gasteiger partial charge in [-0.2, -0.15) is 0 Å². The zero-order chi connectivity index (χ0) is 23.4. The number of ether oxygens (including phenoxy) is 4. The smallest absolute Gasteiger partial charge is 0.141 e. The summed E-state index contributed by atoms with van der Waals surface area (Å²) in [6, 6.07) is 8.96. The molecule has 1 aromatic carbocycles. The van der Waals surface area contributed by atoms with Crippen molar-refractivity contribution >= 4 is 29.4 Å². The van der Waals surface area contributed by atoms with E-state index in [9.17, 15) is 0 Å². The van der Waals surface area contributed by atoms with Crippen LogP contribution in [0.3, 0.4) is 0 Å². The van der Waals surface area contributed by atoms with Crippen LogP contribution in [0.1, 0.15) is 83.1 Å². The Labute approximate surface area is 190 Å². The molecule has 0 radical (unpaired) electrons. The summed E-state index contributed by atoms with van der Waals surface area (Å²) in [7, 11) is -1.49. The van der Waals surface area contributed by atoms with Gasteiger partial charge < -0.3 is 18.9 Å². The van der Waals surface area contributed by atoms with Gasteiger partial charge in [0, 0.05) is 0 Å². The standard InChI is InChI=1S/C24H46O4Si2/c1-21(2,3)25-19(26-22(4,5)6)29-17-13-15-18(16-14-17)30-20(27-23(7,8)9)28-24(10,11)12/h13-16,19-20H,29-30H2,1-12H3. The molecule has 0 saturated heterocycles. The highest BCUT2D eigenvalue weighted by Crippen LogP contribution is 2.18. The van der Waals surface area contributed by atoms with Crippen molar-refractivity contribution in [2.45, 2.75) is 117 Å². The van der Waals surface area contributed by atoms with Crippen molar-refractivity contribution in [1.29, 1.82) is 0 Å². The quantitative estimate of drug-likeness (QED) is 0.447. The Morgan fingerprint density at radius 3 is 0.833 bits per heavy atom. The van der Waals surface area contributed by atoms with Gasteiger partial charge in [-0.1, -0.05) is 34.6 Å². The predicted octanol–water partition coefficient (Wildman–Crippen LogP) is 3.10. The third-order valence-electron chi connectivity index (χ3n) is 3.77. The van der Waals surface area contributed by atoms with E-state index in [1.165, 1.54) is 10.4 Å². The Kier molecular flexibility index (Phi) is 9.55. The first-order chi connectivity index (χ1) is 13.3. The number of rotatable bonds is 8. The minimum absolute atomic E-state index is 0.144. The first-order valence-corrected chi connectivity index (χ1v) is 14.2. The molecular weight excluding hydrogens is 408 g/mol. The number of hydrogen-bond donors (Lipinski definition) is 0. The maximum Gasteiger partial charge on any atom is 0.141 e. The van der Waals surface area contributed by atoms with Crippen molar-refractivity contribution in [2.75, 3.05) is 0 Å². The van der Waals surface area contributed by atoms with Crippen LogP contribution in [0.2, 0.25) is 0 Å². The molecule has 0 bridgehead atoms. The van der Waals surface area contributed by atoms with Crippen LogP contribution in [0.4, 0.5) is 0 Å². The SMILES string of the molecule is CC(C)(C)OC(OC(C)(C)C)[SiH2]c1ccc([SiH2]C(OC(C)(C)C)OC(C)(C)C)cc1. The van der Waals surface area contributed by atoms with E-state index in [1.807, 2.05) is 0 Å². The van der Waals surface area contributed by atoms with Crippen molar-refractivity contribution in [3.63, 3.8) is 0 Å². The second kappa shape index (κ2) is 10.4. The van der Waals surface area contributed by atoms with Crippen molar-refractivity contribution < 1.29 is 18.9 Å². The van der Waals surface area contributed by atoms with E-state index in [-0.39, 0.29) is 34.2 Å². The molecule has 0 aliphatic rings. The fraction of sp³-hybridized carbons (Fsp3) is 0.750. The van der Waals surface area contributed by atoms with Gasteiger partial charge in [-0.25, -0.2) is 0 Å². The van der Waals surface area contributed by atoms with Crippen LogP contribution in [-0.2, 0) is 18.9 Å². The molecule has 0 aromatic heterocycles. The van der Waals surface area contributed by atoms with Crippen LogP contribution >= 0.6 is 0 Å². The molecular formula is C24H46O4Si2. The molecule has 0 amide bonds. The van der Waals surface area contributed by atoms with Crippen molar-refractivity contribution in [1.82, 2.24) is 0 Å². The largest absolute Gasteiger partial charge is 0.351 e. The maximum absolute atomic E-state index is 6.23. The highest BCUT2D eigenvalue weighted by molar-refractivity contribution is 6.56. The molecule has 30 heavy (non-hydrogen) atoms. The highest BCUT2D eigenvalue weighted by atomic mass is 28.2. The summed E-state index contributed by atoms with van der Waals surface area (Å²) in [4.78, 5) is 0. The molecule has 0 heterocycles. The fourth-order valence-corrected chi connectivity index (χ4v) is 7.11. The van der Waals surface area contributed by atoms with Gasteiger partial charge in [0.05, 0.1) is 22.4 Å². The van der Waals surface area contributed by atoms with Gasteiger partial charge in [0.1, 0.15) is 30.9 Å². The topological polar surface area (TPSA) is 36.9 Å². The Morgan fingerprint density at radius 2 is 0.667 bits per heavy atom. The van der Waals surface area contributed by atoms with Gasteiger partial charge in [0.15, 0.2) is 0 Å². The third kappa shape index (κ3) is 13.7. The lowest BCUT2D eigenvalue weighted by atomic mass is 10.2. The number of hydrogen-bond acceptors (Lipinski definition) is 4. The van der Waals surface area contributed by atoms with Crippen molar-refractivity contribution in [2.24, 2.45) is 0 Å². The Morgan fingerprint density at radius 1 is 0.467 bits per heavy atom. The molecule has 0 aliphatic heterocycles. The molecule has 1 aromatic rings. The van der Waals surface area contributed by atoms with E-state index >= 15 is 0 Å². The summed E-state index contributed by atoms with van der Waals surface area (Å²) < 4.78 is 24.9. The van der Waals surface area contributed by atoms with Gasteiger partial charge in [0.25, 0.3) is 0 Å². The Hall–Kier alpha value is -0.506. The Balaban J connectivity index is 2.88. The number of benzene rings is 1. The van der Waals surface area contributed by atoms with Crippen molar-refractivity contribution in [3.8, 4) is 0 Å². The molecule has 0 N–H and O–H groups in total. The second-order valence-corrected chi connectivity index (χ2v) is 15.8. The van der Waals surface area contributed by atoms with Gasteiger partial charge in [-0.3, -0.25) is 0 Å². The normalized spacial score (nSPS) is 14.9. The molecule has 6 heteroatoms. The van der Waals surface area contributed by atoms with E-state index in [0.29, 0.717) is 0 Å². The van der Waals surface area contributed by atoms with E-state index in [0.717, 1.165) is 0 Å². The van der Waals surface area contributed by atoms with E-state index in [2.05, 4.69) is 107 Å². The van der Waals surface area contributed by atoms with Gasteiger partial charge in [0.2, 0.25) is 0 Å². The van der Waals surface area contributed by atoms with E-state index in [1.54, 1.807) is 0 Å². The van der Waals surface area contributed by atoms with Crippen LogP contribution in [0.5, 0.6) is 0 Å². The zero-order valence-corrected chi connectivity index (χ0v) is 24.3. The summed E-state index contributed by atoms with van der Waals surface area (Å²) in [6.07, 6.45) is 0. The molecule has 4 nitrogen and oxygen atoms in total. The fourth-order valence-electron chi connectivity index (χ4n) is 2.99. The first-order valence-electron chi connectivity index (χ1n) is 11.1. The molecule has 174 valence electrons. The summed E-state index contributed by atoms with van der Waals surface area (Å²) >= 11 is 0. The summed E-state index contributed by atoms with van der Waals surface area (Å²) in [5, 5.41) is 2.69. The molecule has 0 aliphatic carbocycles. The average molecular weight is 455 g/mol.